The summed E-state index contributed by atoms with van der Waals surface area (Å²) >= 11 is 0. The molecular weight excluding hydrogens is 276 g/mol. The predicted octanol–water partition coefficient (Wildman–Crippen LogP) is 2.87. The van der Waals surface area contributed by atoms with Crippen LogP contribution < -0.4 is 0 Å². The summed E-state index contributed by atoms with van der Waals surface area (Å²) in [7, 11) is 0. The summed E-state index contributed by atoms with van der Waals surface area (Å²) in [4.78, 5) is 14.5. The maximum absolute atomic E-state index is 12.8. The van der Waals surface area contributed by atoms with Crippen molar-refractivity contribution >= 4 is 5.91 Å². The molecule has 0 radical (unpaired) electrons. The zero-order valence-corrected chi connectivity index (χ0v) is 12.0. The van der Waals surface area contributed by atoms with Crippen LogP contribution in [-0.4, -0.2) is 36.6 Å². The quantitative estimate of drug-likeness (QED) is 0.855. The molecule has 1 amide bonds. The monoisotopic (exact) mass is 295 g/mol. The topological polar surface area (TPSA) is 29.5 Å². The molecule has 0 spiro atoms. The van der Waals surface area contributed by atoms with E-state index < -0.39 is 18.1 Å². The van der Waals surface area contributed by atoms with Gasteiger partial charge in [-0.15, -0.1) is 0 Å². The lowest BCUT2D eigenvalue weighted by molar-refractivity contribution is -0.160. The maximum atomic E-state index is 12.8. The number of amides is 1. The number of halogens is 2. The molecule has 3 nitrogen and oxygen atoms in total. The van der Waals surface area contributed by atoms with E-state index in [1.165, 1.54) is 0 Å². The second-order valence-corrected chi connectivity index (χ2v) is 5.96. The number of carbonyl (C=O) groups is 1. The van der Waals surface area contributed by atoms with Gasteiger partial charge in [0.1, 0.15) is 0 Å². The Kier molecular flexibility index (Phi) is 3.69. The Balaban J connectivity index is 1.73. The minimum atomic E-state index is -2.77. The number of nitrogens with zero attached hydrogens (tertiary/aromatic N) is 1. The molecule has 0 N–H and O–H groups in total. The smallest absolute Gasteiger partial charge is 0.339 e. The molecule has 5 heteroatoms. The first-order valence-electron chi connectivity index (χ1n) is 7.32. The lowest BCUT2D eigenvalue weighted by Crippen LogP contribution is -2.39. The van der Waals surface area contributed by atoms with E-state index in [2.05, 4.69) is 4.74 Å². The Labute approximate surface area is 122 Å². The highest BCUT2D eigenvalue weighted by Gasteiger charge is 2.54. The number of hydrogen-bond acceptors (Lipinski definition) is 2. The van der Waals surface area contributed by atoms with Gasteiger partial charge in [-0.05, 0) is 37.3 Å². The molecule has 1 heterocycles. The third-order valence-electron chi connectivity index (χ3n) is 4.55. The molecule has 1 saturated heterocycles. The van der Waals surface area contributed by atoms with Crippen LogP contribution in [0.3, 0.4) is 0 Å². The highest BCUT2D eigenvalue weighted by Crippen LogP contribution is 2.51. The summed E-state index contributed by atoms with van der Waals surface area (Å²) < 4.78 is 29.0. The van der Waals surface area contributed by atoms with Gasteiger partial charge in [0.2, 0.25) is 5.91 Å². The number of hydrogen-bond donors (Lipinski definition) is 0. The van der Waals surface area contributed by atoms with Crippen LogP contribution in [0.2, 0.25) is 0 Å². The van der Waals surface area contributed by atoms with Crippen molar-refractivity contribution in [2.75, 3.05) is 13.1 Å². The number of alkyl halides is 2. The van der Waals surface area contributed by atoms with Crippen molar-refractivity contribution in [1.82, 2.24) is 4.90 Å². The van der Waals surface area contributed by atoms with E-state index in [1.807, 2.05) is 31.2 Å². The van der Waals surface area contributed by atoms with Crippen molar-refractivity contribution in [1.29, 1.82) is 0 Å². The van der Waals surface area contributed by atoms with E-state index in [-0.39, 0.29) is 12.5 Å². The molecule has 1 aromatic carbocycles. The van der Waals surface area contributed by atoms with Gasteiger partial charge in [-0.3, -0.25) is 4.79 Å². The largest absolute Gasteiger partial charge is 0.345 e. The number of ether oxygens (including phenoxy) is 1. The van der Waals surface area contributed by atoms with Gasteiger partial charge in [0.25, 0.3) is 0 Å². The Morgan fingerprint density at radius 1 is 1.38 bits per heavy atom. The van der Waals surface area contributed by atoms with E-state index in [0.717, 1.165) is 24.0 Å². The van der Waals surface area contributed by atoms with E-state index in [4.69, 9.17) is 0 Å². The second-order valence-electron chi connectivity index (χ2n) is 5.96. The number of likely N-dealkylation sites (tertiary alicyclic amines) is 1. The summed E-state index contributed by atoms with van der Waals surface area (Å²) in [5.41, 5.74) is 1.77. The standard InChI is InChI=1S/C16H19F2NO2/c1-11-4-2-3-5-13(11)16(7-8-16)14(20)19-9-6-12(10-19)21-15(17)18/h2-5,12,15H,6-10H2,1H3/t12-/m0/s1. The average Bonchev–Trinajstić information content (AvgIpc) is 3.12. The first-order valence-corrected chi connectivity index (χ1v) is 7.32. The zero-order valence-electron chi connectivity index (χ0n) is 12.0. The molecule has 1 atom stereocenters. The number of benzene rings is 1. The maximum Gasteiger partial charge on any atom is 0.345 e. The van der Waals surface area contributed by atoms with Crippen molar-refractivity contribution in [2.45, 2.75) is 44.3 Å². The van der Waals surface area contributed by atoms with Crippen LogP contribution in [0.1, 0.15) is 30.4 Å². The van der Waals surface area contributed by atoms with Crippen LogP contribution in [0.15, 0.2) is 24.3 Å². The fraction of sp³-hybridized carbons (Fsp3) is 0.562. The summed E-state index contributed by atoms with van der Waals surface area (Å²) in [6.45, 7) is 0.0204. The van der Waals surface area contributed by atoms with Crippen LogP contribution in [0.25, 0.3) is 0 Å². The summed E-state index contributed by atoms with van der Waals surface area (Å²) in [6, 6.07) is 7.92. The third kappa shape index (κ3) is 2.67. The molecule has 1 aliphatic heterocycles. The molecule has 2 aliphatic rings. The lowest BCUT2D eigenvalue weighted by atomic mass is 9.90. The minimum absolute atomic E-state index is 0.0668. The molecule has 1 aliphatic carbocycles. The first-order chi connectivity index (χ1) is 10.0. The SMILES string of the molecule is Cc1ccccc1C1(C(=O)N2CC[C@H](OC(F)F)C2)CC1. The molecular formula is C16H19F2NO2. The highest BCUT2D eigenvalue weighted by atomic mass is 19.3. The molecule has 3 rings (SSSR count). The number of aryl methyl sites for hydroxylation is 1. The van der Waals surface area contributed by atoms with Gasteiger partial charge in [0.05, 0.1) is 11.5 Å². The minimum Gasteiger partial charge on any atom is -0.339 e. The van der Waals surface area contributed by atoms with Gasteiger partial charge in [0, 0.05) is 13.1 Å². The summed E-state index contributed by atoms with van der Waals surface area (Å²) in [6.07, 6.45) is 1.63. The number of rotatable bonds is 4. The van der Waals surface area contributed by atoms with E-state index in [9.17, 15) is 13.6 Å². The fourth-order valence-electron chi connectivity index (χ4n) is 3.31. The van der Waals surface area contributed by atoms with Crippen LogP contribution in [0.4, 0.5) is 8.78 Å². The highest BCUT2D eigenvalue weighted by molar-refractivity contribution is 5.92. The fourth-order valence-corrected chi connectivity index (χ4v) is 3.31. The first kappa shape index (κ1) is 14.4. The molecule has 0 unspecified atom stereocenters. The van der Waals surface area contributed by atoms with Crippen LogP contribution in [0, 0.1) is 6.92 Å². The van der Waals surface area contributed by atoms with Crippen molar-refractivity contribution in [3.05, 3.63) is 35.4 Å². The van der Waals surface area contributed by atoms with Gasteiger partial charge in [-0.1, -0.05) is 24.3 Å². The van der Waals surface area contributed by atoms with Gasteiger partial charge in [-0.25, -0.2) is 0 Å². The second kappa shape index (κ2) is 5.37. The zero-order chi connectivity index (χ0) is 15.0. The van der Waals surface area contributed by atoms with Crippen LogP contribution in [-0.2, 0) is 14.9 Å². The lowest BCUT2D eigenvalue weighted by Gasteiger charge is -2.24. The van der Waals surface area contributed by atoms with E-state index >= 15 is 0 Å². The summed E-state index contributed by atoms with van der Waals surface area (Å²) in [5.74, 6) is 0.0668. The van der Waals surface area contributed by atoms with Gasteiger partial charge in [-0.2, -0.15) is 8.78 Å². The van der Waals surface area contributed by atoms with E-state index in [1.54, 1.807) is 4.90 Å². The Morgan fingerprint density at radius 2 is 2.10 bits per heavy atom. The molecule has 0 bridgehead atoms. The van der Waals surface area contributed by atoms with Crippen molar-refractivity contribution < 1.29 is 18.3 Å². The summed E-state index contributed by atoms with van der Waals surface area (Å²) in [5, 5.41) is 0. The van der Waals surface area contributed by atoms with Gasteiger partial charge in [0.15, 0.2) is 0 Å². The molecule has 1 aromatic rings. The average molecular weight is 295 g/mol. The Bertz CT molecular complexity index is 543. The third-order valence-corrected chi connectivity index (χ3v) is 4.55. The van der Waals surface area contributed by atoms with Crippen molar-refractivity contribution in [2.24, 2.45) is 0 Å². The number of carbonyl (C=O) groups excluding carboxylic acids is 1. The molecule has 21 heavy (non-hydrogen) atoms. The van der Waals surface area contributed by atoms with Crippen LogP contribution in [0.5, 0.6) is 0 Å². The van der Waals surface area contributed by atoms with Crippen LogP contribution >= 0.6 is 0 Å². The molecule has 2 fully saturated rings. The van der Waals surface area contributed by atoms with Crippen molar-refractivity contribution in [3.8, 4) is 0 Å². The molecule has 1 saturated carbocycles. The molecule has 114 valence electrons. The van der Waals surface area contributed by atoms with Gasteiger partial charge < -0.3 is 9.64 Å². The molecule has 0 aromatic heterocycles. The Morgan fingerprint density at radius 3 is 2.71 bits per heavy atom. The van der Waals surface area contributed by atoms with E-state index in [0.29, 0.717) is 13.0 Å². The van der Waals surface area contributed by atoms with Crippen molar-refractivity contribution in [3.63, 3.8) is 0 Å². The normalized spacial score (nSPS) is 23.6. The Hall–Kier alpha value is -1.49. The van der Waals surface area contributed by atoms with Gasteiger partial charge >= 0.3 is 6.61 Å². The predicted molar refractivity (Wildman–Crippen MR) is 74.2 cm³/mol.